The van der Waals surface area contributed by atoms with Gasteiger partial charge in [-0.1, -0.05) is 53.2 Å². The molecule has 1 heterocycles. The van der Waals surface area contributed by atoms with E-state index in [2.05, 4.69) is 20.7 Å². The van der Waals surface area contributed by atoms with Crippen LogP contribution in [-0.4, -0.2) is 52.8 Å². The Labute approximate surface area is 240 Å². The van der Waals surface area contributed by atoms with Crippen molar-refractivity contribution in [2.75, 3.05) is 20.0 Å². The van der Waals surface area contributed by atoms with E-state index in [9.17, 15) is 9.59 Å². The number of esters is 1. The van der Waals surface area contributed by atoms with Gasteiger partial charge >= 0.3 is 5.97 Å². The van der Waals surface area contributed by atoms with E-state index in [1.165, 1.54) is 39.1 Å². The van der Waals surface area contributed by atoms with Gasteiger partial charge in [-0.2, -0.15) is 5.10 Å². The van der Waals surface area contributed by atoms with Gasteiger partial charge < -0.3 is 14.2 Å². The number of aromatic nitrogens is 3. The molecule has 40 heavy (non-hydrogen) atoms. The third kappa shape index (κ3) is 6.99. The molecule has 0 radical (unpaired) electrons. The van der Waals surface area contributed by atoms with Gasteiger partial charge in [-0.15, -0.1) is 10.2 Å². The van der Waals surface area contributed by atoms with Crippen LogP contribution >= 0.6 is 23.4 Å². The number of carbonyl (C=O) groups excluding carboxylic acids is 2. The highest BCUT2D eigenvalue weighted by atomic mass is 35.5. The van der Waals surface area contributed by atoms with E-state index in [0.717, 1.165) is 16.8 Å². The van der Waals surface area contributed by atoms with E-state index in [-0.39, 0.29) is 28.9 Å². The third-order valence-corrected chi connectivity index (χ3v) is 6.67. The number of aryl methyl sites for hydroxylation is 1. The molecule has 0 aliphatic rings. The number of rotatable bonds is 10. The summed E-state index contributed by atoms with van der Waals surface area (Å²) in [5.74, 6) is 0.537. The van der Waals surface area contributed by atoms with Gasteiger partial charge in [-0.3, -0.25) is 14.2 Å². The molecule has 0 saturated heterocycles. The fourth-order valence-electron chi connectivity index (χ4n) is 3.64. The molecule has 0 spiro atoms. The minimum atomic E-state index is -0.513. The number of halogens is 1. The van der Waals surface area contributed by atoms with Crippen LogP contribution in [0.1, 0.15) is 18.1 Å². The van der Waals surface area contributed by atoms with E-state index >= 15 is 0 Å². The summed E-state index contributed by atoms with van der Waals surface area (Å²) in [7, 11) is 2.88. The lowest BCUT2D eigenvalue weighted by molar-refractivity contribution is -0.132. The number of amides is 1. The molecule has 1 amide bonds. The molecule has 0 saturated carbocycles. The maximum absolute atomic E-state index is 12.6. The smallest absolute Gasteiger partial charge is 0.308 e. The Bertz CT molecular complexity index is 1510. The Balaban J connectivity index is 1.48. The van der Waals surface area contributed by atoms with Gasteiger partial charge in [0.15, 0.2) is 22.5 Å². The summed E-state index contributed by atoms with van der Waals surface area (Å²) < 4.78 is 17.7. The Kier molecular flexibility index (Phi) is 9.41. The topological polar surface area (TPSA) is 117 Å². The molecular formula is C28H26ClN5O5S. The number of benzene rings is 3. The van der Waals surface area contributed by atoms with Crippen molar-refractivity contribution in [1.29, 1.82) is 0 Å². The van der Waals surface area contributed by atoms with Crippen LogP contribution in [-0.2, 0) is 9.59 Å². The molecule has 206 valence electrons. The summed E-state index contributed by atoms with van der Waals surface area (Å²) in [6, 6.07) is 18.5. The number of nitrogens with one attached hydrogen (secondary N) is 1. The zero-order valence-electron chi connectivity index (χ0n) is 22.2. The van der Waals surface area contributed by atoms with Crippen LogP contribution in [0.5, 0.6) is 17.2 Å². The fraction of sp³-hybridized carbons (Fsp3) is 0.179. The minimum Gasteiger partial charge on any atom is -0.493 e. The molecule has 3 aromatic carbocycles. The van der Waals surface area contributed by atoms with Crippen molar-refractivity contribution < 1.29 is 23.8 Å². The molecule has 0 aliphatic heterocycles. The zero-order valence-corrected chi connectivity index (χ0v) is 23.7. The Morgan fingerprint density at radius 1 is 1.02 bits per heavy atom. The third-order valence-electron chi connectivity index (χ3n) is 5.49. The predicted molar refractivity (Wildman–Crippen MR) is 154 cm³/mol. The van der Waals surface area contributed by atoms with Gasteiger partial charge in [-0.05, 0) is 43.3 Å². The van der Waals surface area contributed by atoms with Crippen LogP contribution in [0.25, 0.3) is 17.1 Å². The molecule has 0 aliphatic carbocycles. The van der Waals surface area contributed by atoms with E-state index in [1.807, 2.05) is 47.9 Å². The number of carbonyl (C=O) groups is 2. The van der Waals surface area contributed by atoms with Gasteiger partial charge in [0, 0.05) is 28.8 Å². The second-order valence-corrected chi connectivity index (χ2v) is 9.79. The van der Waals surface area contributed by atoms with Gasteiger partial charge in [0.2, 0.25) is 5.75 Å². The first-order valence-electron chi connectivity index (χ1n) is 12.0. The lowest BCUT2D eigenvalue weighted by Crippen LogP contribution is -2.20. The van der Waals surface area contributed by atoms with E-state index < -0.39 is 5.97 Å². The maximum Gasteiger partial charge on any atom is 0.308 e. The standard InChI is InChI=1S/C28H26ClN5O5S/c1-17-5-7-20(8-6-17)27-32-33-28(34(27)22-11-9-21(29)10-12-22)40-16-25(36)31-30-15-19-13-23(37-3)26(39-18(2)35)24(14-19)38-4/h5-15H,16H2,1-4H3,(H,31,36)/b30-15+. The number of nitrogens with zero attached hydrogens (tertiary/aromatic N) is 4. The molecule has 10 nitrogen and oxygen atoms in total. The van der Waals surface area contributed by atoms with Gasteiger partial charge in [-0.25, -0.2) is 5.43 Å². The quantitative estimate of drug-likeness (QED) is 0.0908. The summed E-state index contributed by atoms with van der Waals surface area (Å²) in [4.78, 5) is 24.0. The molecule has 0 unspecified atom stereocenters. The van der Waals surface area contributed by atoms with E-state index in [1.54, 1.807) is 24.3 Å². The van der Waals surface area contributed by atoms with Gasteiger partial charge in [0.1, 0.15) is 0 Å². The van der Waals surface area contributed by atoms with Crippen LogP contribution in [0, 0.1) is 6.92 Å². The lowest BCUT2D eigenvalue weighted by Gasteiger charge is -2.13. The molecular weight excluding hydrogens is 554 g/mol. The highest BCUT2D eigenvalue weighted by Gasteiger charge is 2.18. The number of methoxy groups -OCH3 is 2. The van der Waals surface area contributed by atoms with E-state index in [0.29, 0.717) is 21.6 Å². The van der Waals surface area contributed by atoms with Crippen molar-refractivity contribution >= 4 is 41.5 Å². The van der Waals surface area contributed by atoms with Crippen molar-refractivity contribution in [2.24, 2.45) is 5.10 Å². The fourth-order valence-corrected chi connectivity index (χ4v) is 4.51. The van der Waals surface area contributed by atoms with Crippen molar-refractivity contribution in [1.82, 2.24) is 20.2 Å². The molecule has 12 heteroatoms. The average Bonchev–Trinajstić information content (AvgIpc) is 3.36. The van der Waals surface area contributed by atoms with Crippen LogP contribution in [0.2, 0.25) is 5.02 Å². The van der Waals surface area contributed by atoms with Crippen LogP contribution < -0.4 is 19.6 Å². The van der Waals surface area contributed by atoms with Crippen molar-refractivity contribution in [3.05, 3.63) is 76.8 Å². The Morgan fingerprint density at radius 3 is 2.27 bits per heavy atom. The first kappa shape index (κ1) is 28.7. The Morgan fingerprint density at radius 2 is 1.68 bits per heavy atom. The SMILES string of the molecule is COc1cc(/C=N/NC(=O)CSc2nnc(-c3ccc(C)cc3)n2-c2ccc(Cl)cc2)cc(OC)c1OC(C)=O. The van der Waals surface area contributed by atoms with Gasteiger partial charge in [0.25, 0.3) is 5.91 Å². The average molecular weight is 580 g/mol. The number of hydrogen-bond donors (Lipinski definition) is 1. The molecule has 0 fully saturated rings. The van der Waals surface area contributed by atoms with Crippen LogP contribution in [0.3, 0.4) is 0 Å². The normalized spacial score (nSPS) is 10.9. The van der Waals surface area contributed by atoms with Crippen molar-refractivity contribution in [3.8, 4) is 34.3 Å². The largest absolute Gasteiger partial charge is 0.493 e. The summed E-state index contributed by atoms with van der Waals surface area (Å²) in [5.41, 5.74) is 5.89. The molecule has 0 atom stereocenters. The lowest BCUT2D eigenvalue weighted by atomic mass is 10.1. The van der Waals surface area contributed by atoms with Crippen molar-refractivity contribution in [2.45, 2.75) is 19.0 Å². The predicted octanol–water partition coefficient (Wildman–Crippen LogP) is 5.08. The summed E-state index contributed by atoms with van der Waals surface area (Å²) in [5, 5.41) is 13.9. The molecule has 4 rings (SSSR count). The number of ether oxygens (including phenoxy) is 3. The molecule has 4 aromatic rings. The first-order chi connectivity index (χ1) is 19.3. The van der Waals surface area contributed by atoms with Gasteiger partial charge in [0.05, 0.1) is 26.2 Å². The summed E-state index contributed by atoms with van der Waals surface area (Å²) >= 11 is 7.32. The maximum atomic E-state index is 12.6. The van der Waals surface area contributed by atoms with Crippen LogP contribution in [0.15, 0.2) is 70.9 Å². The van der Waals surface area contributed by atoms with E-state index in [4.69, 9.17) is 25.8 Å². The molecule has 1 aromatic heterocycles. The highest BCUT2D eigenvalue weighted by molar-refractivity contribution is 7.99. The summed E-state index contributed by atoms with van der Waals surface area (Å²) in [6.07, 6.45) is 1.43. The first-order valence-corrected chi connectivity index (χ1v) is 13.3. The molecule has 0 bridgehead atoms. The second kappa shape index (κ2) is 13.1. The zero-order chi connectivity index (χ0) is 28.6. The minimum absolute atomic E-state index is 0.0367. The van der Waals surface area contributed by atoms with Crippen molar-refractivity contribution in [3.63, 3.8) is 0 Å². The Hall–Kier alpha value is -4.35. The summed E-state index contributed by atoms with van der Waals surface area (Å²) in [6.45, 7) is 3.30. The monoisotopic (exact) mass is 579 g/mol. The number of thioether (sulfide) groups is 1. The number of hydrazone groups is 1. The number of hydrogen-bond acceptors (Lipinski definition) is 9. The molecule has 1 N–H and O–H groups in total. The van der Waals surface area contributed by atoms with Crippen LogP contribution in [0.4, 0.5) is 0 Å². The second-order valence-electron chi connectivity index (χ2n) is 8.41. The highest BCUT2D eigenvalue weighted by Crippen LogP contribution is 2.38.